The number of nitrogens with zero attached hydrogens (tertiary/aromatic N) is 1. The van der Waals surface area contributed by atoms with E-state index in [0.29, 0.717) is 6.61 Å². The molecular weight excluding hydrogens is 230 g/mol. The van der Waals surface area contributed by atoms with Gasteiger partial charge in [-0.05, 0) is 0 Å². The molecule has 94 valence electrons. The number of amides is 1. The van der Waals surface area contributed by atoms with Crippen LogP contribution < -0.4 is 0 Å². The fourth-order valence-corrected chi connectivity index (χ4v) is 2.11. The third-order valence-corrected chi connectivity index (χ3v) is 2.80. The van der Waals surface area contributed by atoms with Crippen molar-refractivity contribution in [2.45, 2.75) is 24.5 Å². The van der Waals surface area contributed by atoms with Crippen molar-refractivity contribution in [3.63, 3.8) is 0 Å². The fraction of sp³-hybridized carbons (Fsp3) is 0.700. The van der Waals surface area contributed by atoms with Gasteiger partial charge in [-0.25, -0.2) is 14.5 Å². The molecule has 0 N–H and O–H groups in total. The lowest BCUT2D eigenvalue weighted by molar-refractivity contribution is -0.0683. The van der Waals surface area contributed by atoms with Crippen LogP contribution in [-0.4, -0.2) is 62.3 Å². The maximum Gasteiger partial charge on any atom is 0.417 e. The van der Waals surface area contributed by atoms with Crippen LogP contribution in [0.3, 0.4) is 0 Å². The molecule has 2 fully saturated rings. The average Bonchev–Trinajstić information content (AvgIpc) is 2.77. The van der Waals surface area contributed by atoms with Gasteiger partial charge in [0.05, 0.1) is 12.8 Å². The van der Waals surface area contributed by atoms with Gasteiger partial charge in [0.15, 0.2) is 12.3 Å². The summed E-state index contributed by atoms with van der Waals surface area (Å²) in [5, 5.41) is 0. The van der Waals surface area contributed by atoms with Crippen LogP contribution in [0.15, 0.2) is 6.20 Å². The van der Waals surface area contributed by atoms with Gasteiger partial charge in [-0.2, -0.15) is 0 Å². The number of hydrogen-bond donors (Lipinski definition) is 0. The van der Waals surface area contributed by atoms with Crippen molar-refractivity contribution in [3.05, 3.63) is 6.20 Å². The normalized spacial score (nSPS) is 35.4. The quantitative estimate of drug-likeness (QED) is 0.622. The summed E-state index contributed by atoms with van der Waals surface area (Å²) in [6, 6.07) is 0. The van der Waals surface area contributed by atoms with E-state index in [1.54, 1.807) is 7.11 Å². The predicted octanol–water partition coefficient (Wildman–Crippen LogP) is -0.461. The van der Waals surface area contributed by atoms with Gasteiger partial charge in [0.25, 0.3) is 0 Å². The first-order valence-electron chi connectivity index (χ1n) is 5.10. The summed E-state index contributed by atoms with van der Waals surface area (Å²) < 4.78 is 20.9. The van der Waals surface area contributed by atoms with E-state index in [0.717, 1.165) is 11.1 Å². The SMILES string of the molecule is COC[C@H]1OC2C(OC(=O)N2C=C=O)[C@H]1OC. The smallest absolute Gasteiger partial charge is 0.417 e. The van der Waals surface area contributed by atoms with Crippen LogP contribution in [-0.2, 0) is 23.7 Å². The maximum absolute atomic E-state index is 11.4. The van der Waals surface area contributed by atoms with Gasteiger partial charge in [-0.15, -0.1) is 0 Å². The Bertz CT molecular complexity index is 353. The predicted molar refractivity (Wildman–Crippen MR) is 53.7 cm³/mol. The Hall–Kier alpha value is -1.40. The van der Waals surface area contributed by atoms with Crippen molar-refractivity contribution in [1.82, 2.24) is 4.90 Å². The van der Waals surface area contributed by atoms with E-state index in [-0.39, 0.29) is 6.10 Å². The van der Waals surface area contributed by atoms with Crippen LogP contribution in [0.1, 0.15) is 0 Å². The largest absolute Gasteiger partial charge is 0.438 e. The zero-order valence-electron chi connectivity index (χ0n) is 9.49. The van der Waals surface area contributed by atoms with Gasteiger partial charge in [0.2, 0.25) is 0 Å². The number of ether oxygens (including phenoxy) is 4. The van der Waals surface area contributed by atoms with Crippen LogP contribution >= 0.6 is 0 Å². The summed E-state index contributed by atoms with van der Waals surface area (Å²) in [6.07, 6.45) is -1.63. The molecule has 4 atom stereocenters. The molecule has 0 aromatic heterocycles. The van der Waals surface area contributed by atoms with Crippen LogP contribution in [0.25, 0.3) is 0 Å². The van der Waals surface area contributed by atoms with Crippen molar-refractivity contribution < 1.29 is 28.5 Å². The Kier molecular flexibility index (Phi) is 3.44. The van der Waals surface area contributed by atoms with Gasteiger partial charge in [0, 0.05) is 14.2 Å². The number of hydrogen-bond acceptors (Lipinski definition) is 6. The molecule has 2 unspecified atom stereocenters. The van der Waals surface area contributed by atoms with Crippen LogP contribution in [0, 0.1) is 0 Å². The van der Waals surface area contributed by atoms with Gasteiger partial charge in [-0.1, -0.05) is 0 Å². The molecule has 2 rings (SSSR count). The Morgan fingerprint density at radius 2 is 2.29 bits per heavy atom. The highest BCUT2D eigenvalue weighted by Crippen LogP contribution is 2.34. The lowest BCUT2D eigenvalue weighted by atomic mass is 10.1. The van der Waals surface area contributed by atoms with Crippen LogP contribution in [0.4, 0.5) is 4.79 Å². The lowest BCUT2D eigenvalue weighted by Crippen LogP contribution is -2.36. The number of carbonyl (C=O) groups excluding carboxylic acids is 2. The summed E-state index contributed by atoms with van der Waals surface area (Å²) >= 11 is 0. The van der Waals surface area contributed by atoms with Gasteiger partial charge in [0.1, 0.15) is 18.1 Å². The molecule has 7 heteroatoms. The highest BCUT2D eigenvalue weighted by Gasteiger charge is 2.55. The number of methoxy groups -OCH3 is 2. The average molecular weight is 243 g/mol. The van der Waals surface area contributed by atoms with E-state index in [9.17, 15) is 9.59 Å². The minimum atomic E-state index is -0.658. The summed E-state index contributed by atoms with van der Waals surface area (Å²) in [7, 11) is 3.05. The van der Waals surface area contributed by atoms with Crippen molar-refractivity contribution in [1.29, 1.82) is 0 Å². The maximum atomic E-state index is 11.4. The molecular formula is C10H13NO6. The molecule has 0 radical (unpaired) electrons. The number of fused-ring (bicyclic) bond motifs is 1. The molecule has 17 heavy (non-hydrogen) atoms. The standard InChI is InChI=1S/C10H13NO6/c1-14-5-6-7(15-2)8-9(16-6)11(3-4-12)10(13)17-8/h3,6-9H,5H2,1-2H3/t6-,7+,8?,9?/m1/s1. The monoisotopic (exact) mass is 243 g/mol. The molecule has 0 spiro atoms. The molecule has 0 aliphatic carbocycles. The summed E-state index contributed by atoms with van der Waals surface area (Å²) in [5.41, 5.74) is 0. The van der Waals surface area contributed by atoms with Gasteiger partial charge >= 0.3 is 6.09 Å². The van der Waals surface area contributed by atoms with E-state index in [1.807, 2.05) is 0 Å². The fourth-order valence-electron chi connectivity index (χ4n) is 2.11. The summed E-state index contributed by atoms with van der Waals surface area (Å²) in [4.78, 5) is 22.8. The second kappa shape index (κ2) is 4.85. The third kappa shape index (κ3) is 1.94. The summed E-state index contributed by atoms with van der Waals surface area (Å²) in [6.45, 7) is 0.321. The highest BCUT2D eigenvalue weighted by atomic mass is 16.7. The van der Waals surface area contributed by atoms with Crippen molar-refractivity contribution in [3.8, 4) is 0 Å². The first kappa shape index (κ1) is 12.1. The first-order valence-corrected chi connectivity index (χ1v) is 5.10. The number of rotatable bonds is 4. The Morgan fingerprint density at radius 3 is 2.88 bits per heavy atom. The third-order valence-electron chi connectivity index (χ3n) is 2.80. The minimum absolute atomic E-state index is 0.321. The molecule has 0 bridgehead atoms. The van der Waals surface area contributed by atoms with E-state index in [1.165, 1.54) is 13.1 Å². The Balaban J connectivity index is 2.17. The highest BCUT2D eigenvalue weighted by molar-refractivity contribution is 5.74. The molecule has 7 nitrogen and oxygen atoms in total. The molecule has 2 saturated heterocycles. The van der Waals surface area contributed by atoms with Crippen molar-refractivity contribution >= 4 is 12.0 Å². The molecule has 2 aliphatic heterocycles. The second-order valence-electron chi connectivity index (χ2n) is 3.72. The lowest BCUT2D eigenvalue weighted by Gasteiger charge is -2.19. The molecule has 2 heterocycles. The zero-order valence-corrected chi connectivity index (χ0v) is 9.49. The molecule has 0 aromatic carbocycles. The minimum Gasteiger partial charge on any atom is -0.438 e. The Labute approximate surface area is 97.9 Å². The Morgan fingerprint density at radius 1 is 1.53 bits per heavy atom. The van der Waals surface area contributed by atoms with E-state index in [4.69, 9.17) is 18.9 Å². The van der Waals surface area contributed by atoms with Gasteiger partial charge in [-0.3, -0.25) is 0 Å². The van der Waals surface area contributed by atoms with Crippen LogP contribution in [0.5, 0.6) is 0 Å². The molecule has 1 amide bonds. The molecule has 0 aromatic rings. The zero-order chi connectivity index (χ0) is 12.4. The topological polar surface area (TPSA) is 74.3 Å². The van der Waals surface area contributed by atoms with E-state index >= 15 is 0 Å². The van der Waals surface area contributed by atoms with Crippen molar-refractivity contribution in [2.24, 2.45) is 0 Å². The van der Waals surface area contributed by atoms with E-state index in [2.05, 4.69) is 0 Å². The van der Waals surface area contributed by atoms with E-state index < -0.39 is 24.5 Å². The molecule has 2 aliphatic rings. The molecule has 0 saturated carbocycles. The summed E-state index contributed by atoms with van der Waals surface area (Å²) in [5.74, 6) is 1.53. The second-order valence-corrected chi connectivity index (χ2v) is 3.72. The first-order chi connectivity index (χ1) is 8.22. The number of carbonyl (C=O) groups is 1. The van der Waals surface area contributed by atoms with Crippen molar-refractivity contribution in [2.75, 3.05) is 20.8 Å². The van der Waals surface area contributed by atoms with Crippen LogP contribution in [0.2, 0.25) is 0 Å². The van der Waals surface area contributed by atoms with Gasteiger partial charge < -0.3 is 18.9 Å².